The SMILES string of the molecule is CC1(N)CCCCC1C(=O)Nc1ccnc2ccncc12.Cl.Cl. The van der Waals surface area contributed by atoms with E-state index < -0.39 is 5.54 Å². The van der Waals surface area contributed by atoms with E-state index in [1.807, 2.05) is 13.0 Å². The zero-order chi connectivity index (χ0) is 14.9. The molecule has 2 heterocycles. The van der Waals surface area contributed by atoms with Crippen LogP contribution in [0, 0.1) is 5.92 Å². The third-order valence-corrected chi connectivity index (χ3v) is 4.37. The molecule has 1 aliphatic rings. The van der Waals surface area contributed by atoms with Gasteiger partial charge >= 0.3 is 0 Å². The Labute approximate surface area is 148 Å². The fourth-order valence-electron chi connectivity index (χ4n) is 3.11. The van der Waals surface area contributed by atoms with Gasteiger partial charge in [0.25, 0.3) is 0 Å². The normalized spacial score (nSPS) is 23.5. The molecule has 0 saturated heterocycles. The number of fused-ring (bicyclic) bond motifs is 1. The standard InChI is InChI=1S/C16H20N4O.2ClH/c1-16(17)7-3-2-4-12(16)15(21)20-14-6-9-19-13-5-8-18-10-11(13)14;;/h5-6,8-10,12H,2-4,7,17H2,1H3,(H,19,20,21);2*1H. The summed E-state index contributed by atoms with van der Waals surface area (Å²) in [6.07, 6.45) is 9.01. The summed E-state index contributed by atoms with van der Waals surface area (Å²) in [5, 5.41) is 3.86. The molecule has 7 heteroatoms. The van der Waals surface area contributed by atoms with Crippen molar-refractivity contribution in [1.29, 1.82) is 0 Å². The second-order valence-electron chi connectivity index (χ2n) is 6.04. The highest BCUT2D eigenvalue weighted by Gasteiger charge is 2.37. The van der Waals surface area contributed by atoms with E-state index in [-0.39, 0.29) is 36.6 Å². The Bertz CT molecular complexity index is 673. The van der Waals surface area contributed by atoms with Crippen molar-refractivity contribution in [2.75, 3.05) is 5.32 Å². The summed E-state index contributed by atoms with van der Waals surface area (Å²) in [5.74, 6) is -0.151. The first-order chi connectivity index (χ1) is 10.1. The van der Waals surface area contributed by atoms with Gasteiger partial charge < -0.3 is 11.1 Å². The van der Waals surface area contributed by atoms with E-state index in [0.29, 0.717) is 0 Å². The number of halogens is 2. The largest absolute Gasteiger partial charge is 0.325 e. The Morgan fingerprint density at radius 1 is 1.30 bits per heavy atom. The lowest BCUT2D eigenvalue weighted by Gasteiger charge is -2.37. The molecule has 1 fully saturated rings. The molecule has 1 amide bonds. The number of carbonyl (C=O) groups is 1. The van der Waals surface area contributed by atoms with Crippen LogP contribution in [0.15, 0.2) is 30.7 Å². The molecule has 2 atom stereocenters. The zero-order valence-corrected chi connectivity index (χ0v) is 14.6. The van der Waals surface area contributed by atoms with Crippen molar-refractivity contribution >= 4 is 47.3 Å². The molecule has 1 saturated carbocycles. The second kappa shape index (κ2) is 7.90. The molecule has 5 nitrogen and oxygen atoms in total. The van der Waals surface area contributed by atoms with E-state index in [1.165, 1.54) is 0 Å². The van der Waals surface area contributed by atoms with E-state index in [9.17, 15) is 4.79 Å². The number of anilines is 1. The van der Waals surface area contributed by atoms with Gasteiger partial charge in [-0.3, -0.25) is 14.8 Å². The van der Waals surface area contributed by atoms with Gasteiger partial charge in [0, 0.05) is 29.5 Å². The first kappa shape index (κ1) is 19.6. The van der Waals surface area contributed by atoms with E-state index in [2.05, 4.69) is 15.3 Å². The van der Waals surface area contributed by atoms with Crippen molar-refractivity contribution in [3.05, 3.63) is 30.7 Å². The fraction of sp³-hybridized carbons (Fsp3) is 0.438. The molecule has 0 spiro atoms. The molecule has 2 unspecified atom stereocenters. The number of rotatable bonds is 2. The molecule has 3 rings (SSSR count). The van der Waals surface area contributed by atoms with Crippen LogP contribution < -0.4 is 11.1 Å². The average Bonchev–Trinajstić information content (AvgIpc) is 2.47. The van der Waals surface area contributed by atoms with Crippen LogP contribution in [0.5, 0.6) is 0 Å². The van der Waals surface area contributed by atoms with Crippen LogP contribution in [0.25, 0.3) is 10.9 Å². The summed E-state index contributed by atoms with van der Waals surface area (Å²) in [6, 6.07) is 3.64. The zero-order valence-electron chi connectivity index (χ0n) is 13.0. The van der Waals surface area contributed by atoms with Gasteiger partial charge in [-0.25, -0.2) is 0 Å². The lowest BCUT2D eigenvalue weighted by atomic mass is 9.74. The lowest BCUT2D eigenvalue weighted by molar-refractivity contribution is -0.122. The van der Waals surface area contributed by atoms with Crippen molar-refractivity contribution < 1.29 is 4.79 Å². The van der Waals surface area contributed by atoms with Crippen molar-refractivity contribution in [2.24, 2.45) is 11.7 Å². The minimum absolute atomic E-state index is 0. The maximum Gasteiger partial charge on any atom is 0.229 e. The van der Waals surface area contributed by atoms with E-state index in [1.54, 1.807) is 24.7 Å². The third-order valence-electron chi connectivity index (χ3n) is 4.37. The Morgan fingerprint density at radius 2 is 2.09 bits per heavy atom. The number of nitrogens with two attached hydrogens (primary N) is 1. The predicted molar refractivity (Wildman–Crippen MR) is 97.2 cm³/mol. The van der Waals surface area contributed by atoms with Crippen LogP contribution in [0.3, 0.4) is 0 Å². The highest BCUT2D eigenvalue weighted by atomic mass is 35.5. The van der Waals surface area contributed by atoms with Crippen molar-refractivity contribution in [1.82, 2.24) is 9.97 Å². The molecule has 126 valence electrons. The van der Waals surface area contributed by atoms with Gasteiger partial charge in [-0.05, 0) is 31.9 Å². The molecule has 0 bridgehead atoms. The maximum atomic E-state index is 12.6. The average molecular weight is 357 g/mol. The summed E-state index contributed by atoms with van der Waals surface area (Å²) in [6.45, 7) is 1.97. The number of pyridine rings is 2. The highest BCUT2D eigenvalue weighted by molar-refractivity contribution is 6.01. The molecule has 1 aliphatic carbocycles. The van der Waals surface area contributed by atoms with E-state index in [4.69, 9.17) is 5.73 Å². The second-order valence-corrected chi connectivity index (χ2v) is 6.04. The molecule has 23 heavy (non-hydrogen) atoms. The molecule has 2 aromatic rings. The van der Waals surface area contributed by atoms with Crippen LogP contribution in [0.4, 0.5) is 5.69 Å². The first-order valence-electron chi connectivity index (χ1n) is 7.36. The predicted octanol–water partition coefficient (Wildman–Crippen LogP) is 3.32. The topological polar surface area (TPSA) is 80.9 Å². The molecule has 2 aromatic heterocycles. The van der Waals surface area contributed by atoms with Crippen LogP contribution in [-0.4, -0.2) is 21.4 Å². The summed E-state index contributed by atoms with van der Waals surface area (Å²) >= 11 is 0. The van der Waals surface area contributed by atoms with Crippen LogP contribution in [0.1, 0.15) is 32.6 Å². The van der Waals surface area contributed by atoms with Crippen LogP contribution >= 0.6 is 24.8 Å². The van der Waals surface area contributed by atoms with Gasteiger partial charge in [-0.2, -0.15) is 0 Å². The Balaban J connectivity index is 0.00000132. The number of carbonyl (C=O) groups excluding carboxylic acids is 1. The van der Waals surface area contributed by atoms with Crippen LogP contribution in [0.2, 0.25) is 0 Å². The molecule has 0 aliphatic heterocycles. The smallest absolute Gasteiger partial charge is 0.229 e. The quantitative estimate of drug-likeness (QED) is 0.864. The van der Waals surface area contributed by atoms with Gasteiger partial charge in [0.2, 0.25) is 5.91 Å². The van der Waals surface area contributed by atoms with E-state index >= 15 is 0 Å². The van der Waals surface area contributed by atoms with Gasteiger partial charge in [-0.15, -0.1) is 24.8 Å². The van der Waals surface area contributed by atoms with Gasteiger partial charge in [0.05, 0.1) is 17.1 Å². The molecule has 0 radical (unpaired) electrons. The number of hydrogen-bond acceptors (Lipinski definition) is 4. The minimum Gasteiger partial charge on any atom is -0.325 e. The summed E-state index contributed by atoms with van der Waals surface area (Å²) in [7, 11) is 0. The Hall–Kier alpha value is -1.43. The van der Waals surface area contributed by atoms with Crippen LogP contribution in [-0.2, 0) is 4.79 Å². The lowest BCUT2D eigenvalue weighted by Crippen LogP contribution is -2.51. The third kappa shape index (κ3) is 4.10. The monoisotopic (exact) mass is 356 g/mol. The minimum atomic E-state index is -0.427. The molecule has 0 aromatic carbocycles. The molecular weight excluding hydrogens is 335 g/mol. The number of hydrogen-bond donors (Lipinski definition) is 2. The van der Waals surface area contributed by atoms with Crippen molar-refractivity contribution in [3.63, 3.8) is 0 Å². The molecule has 3 N–H and O–H groups in total. The van der Waals surface area contributed by atoms with Crippen molar-refractivity contribution in [3.8, 4) is 0 Å². The summed E-state index contributed by atoms with van der Waals surface area (Å²) < 4.78 is 0. The number of amides is 1. The van der Waals surface area contributed by atoms with Gasteiger partial charge in [0.15, 0.2) is 0 Å². The number of aromatic nitrogens is 2. The number of nitrogens with one attached hydrogen (secondary N) is 1. The van der Waals surface area contributed by atoms with Crippen molar-refractivity contribution in [2.45, 2.75) is 38.1 Å². The maximum absolute atomic E-state index is 12.6. The van der Waals surface area contributed by atoms with Gasteiger partial charge in [-0.1, -0.05) is 12.8 Å². The van der Waals surface area contributed by atoms with Gasteiger partial charge in [0.1, 0.15) is 0 Å². The summed E-state index contributed by atoms with van der Waals surface area (Å²) in [5.41, 5.74) is 7.45. The first-order valence-corrected chi connectivity index (χ1v) is 7.36. The highest BCUT2D eigenvalue weighted by Crippen LogP contribution is 2.33. The Morgan fingerprint density at radius 3 is 2.83 bits per heavy atom. The summed E-state index contributed by atoms with van der Waals surface area (Å²) in [4.78, 5) is 21.0. The van der Waals surface area contributed by atoms with E-state index in [0.717, 1.165) is 42.3 Å². The fourth-order valence-corrected chi connectivity index (χ4v) is 3.11. The molecular formula is C16H22Cl2N4O. The Kier molecular flexibility index (Phi) is 6.74. The number of nitrogens with zero attached hydrogens (tertiary/aromatic N) is 2.